The van der Waals surface area contributed by atoms with E-state index in [9.17, 15) is 5.11 Å². The minimum atomic E-state index is -0.780. The lowest BCUT2D eigenvalue weighted by Gasteiger charge is -2.18. The first-order valence-electron chi connectivity index (χ1n) is 5.77. The molecule has 0 aliphatic carbocycles. The van der Waals surface area contributed by atoms with Crippen molar-refractivity contribution in [3.05, 3.63) is 46.7 Å². The van der Waals surface area contributed by atoms with Crippen LogP contribution in [-0.4, -0.2) is 21.0 Å². The highest BCUT2D eigenvalue weighted by Gasteiger charge is 2.32. The van der Waals surface area contributed by atoms with Gasteiger partial charge < -0.3 is 9.84 Å². The van der Waals surface area contributed by atoms with E-state index in [1.54, 1.807) is 11.7 Å². The average molecular weight is 265 g/mol. The second-order valence-electron chi connectivity index (χ2n) is 4.41. The quantitative estimate of drug-likeness (QED) is 0.904. The first kappa shape index (κ1) is 11.6. The summed E-state index contributed by atoms with van der Waals surface area (Å²) in [4.78, 5) is 0. The Morgan fingerprint density at radius 1 is 1.50 bits per heavy atom. The molecular weight excluding hydrogens is 252 g/mol. The van der Waals surface area contributed by atoms with E-state index in [1.807, 2.05) is 24.3 Å². The third kappa shape index (κ3) is 1.78. The topological polar surface area (TPSA) is 47.3 Å². The van der Waals surface area contributed by atoms with Crippen molar-refractivity contribution in [1.82, 2.24) is 9.78 Å². The van der Waals surface area contributed by atoms with Crippen molar-refractivity contribution in [1.29, 1.82) is 0 Å². The highest BCUT2D eigenvalue weighted by atomic mass is 35.5. The highest BCUT2D eigenvalue weighted by molar-refractivity contribution is 6.31. The first-order valence-corrected chi connectivity index (χ1v) is 6.14. The molecule has 5 heteroatoms. The van der Waals surface area contributed by atoms with E-state index in [1.165, 1.54) is 6.20 Å². The van der Waals surface area contributed by atoms with Gasteiger partial charge in [-0.25, -0.2) is 0 Å². The number of aliphatic hydroxyl groups excluding tert-OH is 1. The number of aromatic nitrogens is 2. The number of rotatable bonds is 2. The normalized spacial score (nSPS) is 19.4. The minimum absolute atomic E-state index is 0.310. The number of benzene rings is 1. The van der Waals surface area contributed by atoms with Crippen LogP contribution in [0.1, 0.15) is 17.4 Å². The molecule has 3 rings (SSSR count). The van der Waals surface area contributed by atoms with Crippen LogP contribution in [0.4, 0.5) is 0 Å². The maximum Gasteiger partial charge on any atom is 0.134 e. The summed E-state index contributed by atoms with van der Waals surface area (Å²) in [5, 5.41) is 14.9. The molecule has 0 saturated heterocycles. The van der Waals surface area contributed by atoms with Crippen LogP contribution in [0.3, 0.4) is 0 Å². The van der Waals surface area contributed by atoms with Crippen LogP contribution in [0.15, 0.2) is 30.5 Å². The number of hydrogen-bond acceptors (Lipinski definition) is 3. The second kappa shape index (κ2) is 4.30. The summed E-state index contributed by atoms with van der Waals surface area (Å²) < 4.78 is 7.34. The van der Waals surface area contributed by atoms with Crippen LogP contribution >= 0.6 is 11.6 Å². The number of hydrogen-bond donors (Lipinski definition) is 1. The highest BCUT2D eigenvalue weighted by Crippen LogP contribution is 2.35. The number of halogens is 1. The Balaban J connectivity index is 1.87. The molecule has 0 saturated carbocycles. The van der Waals surface area contributed by atoms with Crippen molar-refractivity contribution in [3.63, 3.8) is 0 Å². The lowest BCUT2D eigenvalue weighted by atomic mass is 10.0. The number of aliphatic hydroxyl groups is 1. The third-order valence-electron chi connectivity index (χ3n) is 3.24. The van der Waals surface area contributed by atoms with E-state index in [2.05, 4.69) is 5.10 Å². The Hall–Kier alpha value is -1.52. The number of ether oxygens (including phenoxy) is 1. The fraction of sp³-hybridized carbons (Fsp3) is 0.308. The minimum Gasteiger partial charge on any atom is -0.487 e. The van der Waals surface area contributed by atoms with E-state index in [0.29, 0.717) is 17.1 Å². The molecule has 94 valence electrons. The van der Waals surface area contributed by atoms with Crippen molar-refractivity contribution >= 4 is 11.6 Å². The molecule has 1 aromatic heterocycles. The summed E-state index contributed by atoms with van der Waals surface area (Å²) >= 11 is 6.03. The molecule has 0 radical (unpaired) electrons. The van der Waals surface area contributed by atoms with E-state index < -0.39 is 6.10 Å². The SMILES string of the molecule is Cn1ncc(Cl)c1C(O)C1Cc2ccccc2O1. The molecular formula is C13H13ClN2O2. The standard InChI is InChI=1S/C13H13ClN2O2/c1-16-12(9(14)7-15-16)13(17)11-6-8-4-2-3-5-10(8)18-11/h2-5,7,11,13,17H,6H2,1H3. The molecule has 0 bridgehead atoms. The van der Waals surface area contributed by atoms with Gasteiger partial charge in [0.2, 0.25) is 0 Å². The number of fused-ring (bicyclic) bond motifs is 1. The van der Waals surface area contributed by atoms with E-state index in [-0.39, 0.29) is 6.10 Å². The second-order valence-corrected chi connectivity index (χ2v) is 4.82. The zero-order valence-corrected chi connectivity index (χ0v) is 10.6. The molecule has 0 spiro atoms. The van der Waals surface area contributed by atoms with Crippen LogP contribution in [0.25, 0.3) is 0 Å². The Morgan fingerprint density at radius 2 is 2.28 bits per heavy atom. The van der Waals surface area contributed by atoms with Gasteiger partial charge in [0.1, 0.15) is 18.0 Å². The van der Waals surface area contributed by atoms with Gasteiger partial charge in [-0.05, 0) is 11.6 Å². The lowest BCUT2D eigenvalue weighted by molar-refractivity contribution is 0.0437. The van der Waals surface area contributed by atoms with Gasteiger partial charge in [0.05, 0.1) is 16.9 Å². The van der Waals surface area contributed by atoms with Crippen molar-refractivity contribution < 1.29 is 9.84 Å². The van der Waals surface area contributed by atoms with Crippen LogP contribution in [0, 0.1) is 0 Å². The lowest BCUT2D eigenvalue weighted by Crippen LogP contribution is -2.25. The van der Waals surface area contributed by atoms with Crippen molar-refractivity contribution in [2.75, 3.05) is 0 Å². The number of para-hydroxylation sites is 1. The molecule has 1 aromatic carbocycles. The number of nitrogens with zero attached hydrogens (tertiary/aromatic N) is 2. The molecule has 1 aliphatic rings. The monoisotopic (exact) mass is 264 g/mol. The predicted molar refractivity (Wildman–Crippen MR) is 67.7 cm³/mol. The summed E-state index contributed by atoms with van der Waals surface area (Å²) in [6.45, 7) is 0. The largest absolute Gasteiger partial charge is 0.487 e. The van der Waals surface area contributed by atoms with E-state index >= 15 is 0 Å². The number of aryl methyl sites for hydroxylation is 1. The third-order valence-corrected chi connectivity index (χ3v) is 3.53. The molecule has 0 fully saturated rings. The van der Waals surface area contributed by atoms with Crippen molar-refractivity contribution in [3.8, 4) is 5.75 Å². The summed E-state index contributed by atoms with van der Waals surface area (Å²) in [6, 6.07) is 7.80. The average Bonchev–Trinajstić information content (AvgIpc) is 2.92. The Morgan fingerprint density at radius 3 is 2.94 bits per heavy atom. The fourth-order valence-corrected chi connectivity index (χ4v) is 2.59. The van der Waals surface area contributed by atoms with Gasteiger partial charge in [-0.1, -0.05) is 29.8 Å². The van der Waals surface area contributed by atoms with Gasteiger partial charge in [-0.3, -0.25) is 4.68 Å². The maximum absolute atomic E-state index is 10.4. The Kier molecular flexibility index (Phi) is 2.76. The van der Waals surface area contributed by atoms with Crippen molar-refractivity contribution in [2.45, 2.75) is 18.6 Å². The van der Waals surface area contributed by atoms with Gasteiger partial charge in [0, 0.05) is 13.5 Å². The molecule has 1 N–H and O–H groups in total. The first-order chi connectivity index (χ1) is 8.66. The van der Waals surface area contributed by atoms with Gasteiger partial charge >= 0.3 is 0 Å². The Labute approximate surface area is 110 Å². The van der Waals surface area contributed by atoms with Crippen molar-refractivity contribution in [2.24, 2.45) is 7.05 Å². The van der Waals surface area contributed by atoms with E-state index in [4.69, 9.17) is 16.3 Å². The molecule has 1 aliphatic heterocycles. The fourth-order valence-electron chi connectivity index (χ4n) is 2.31. The van der Waals surface area contributed by atoms with Gasteiger partial charge in [-0.2, -0.15) is 5.10 Å². The summed E-state index contributed by atoms with van der Waals surface area (Å²) in [5.41, 5.74) is 1.70. The van der Waals surface area contributed by atoms with Crippen LogP contribution < -0.4 is 4.74 Å². The molecule has 2 aromatic rings. The van der Waals surface area contributed by atoms with Crippen LogP contribution in [-0.2, 0) is 13.5 Å². The maximum atomic E-state index is 10.4. The predicted octanol–water partition coefficient (Wildman–Crippen LogP) is 2.11. The molecule has 2 heterocycles. The van der Waals surface area contributed by atoms with Crippen LogP contribution in [0.2, 0.25) is 5.02 Å². The van der Waals surface area contributed by atoms with Crippen LogP contribution in [0.5, 0.6) is 5.75 Å². The zero-order chi connectivity index (χ0) is 12.7. The molecule has 18 heavy (non-hydrogen) atoms. The summed E-state index contributed by atoms with van der Waals surface area (Å²) in [6.07, 6.45) is 1.12. The zero-order valence-electron chi connectivity index (χ0n) is 9.88. The smallest absolute Gasteiger partial charge is 0.134 e. The summed E-state index contributed by atoms with van der Waals surface area (Å²) in [5.74, 6) is 0.833. The summed E-state index contributed by atoms with van der Waals surface area (Å²) in [7, 11) is 1.76. The van der Waals surface area contributed by atoms with E-state index in [0.717, 1.165) is 11.3 Å². The van der Waals surface area contributed by atoms with Gasteiger partial charge in [0.15, 0.2) is 0 Å². The van der Waals surface area contributed by atoms with Gasteiger partial charge in [-0.15, -0.1) is 0 Å². The molecule has 2 unspecified atom stereocenters. The molecule has 2 atom stereocenters. The molecule has 0 amide bonds. The Bertz CT molecular complexity index is 538. The molecule has 4 nitrogen and oxygen atoms in total. The van der Waals surface area contributed by atoms with Gasteiger partial charge in [0.25, 0.3) is 0 Å².